The van der Waals surface area contributed by atoms with Crippen molar-refractivity contribution in [3.05, 3.63) is 65.7 Å². The highest BCUT2D eigenvalue weighted by Gasteiger charge is 2.20. The van der Waals surface area contributed by atoms with Gasteiger partial charge in [-0.1, -0.05) is 30.3 Å². The minimum atomic E-state index is -1.02. The van der Waals surface area contributed by atoms with E-state index in [9.17, 15) is 18.4 Å². The van der Waals surface area contributed by atoms with Crippen LogP contribution in [0.1, 0.15) is 11.6 Å². The van der Waals surface area contributed by atoms with Crippen LogP contribution in [0.3, 0.4) is 0 Å². The maximum Gasteiger partial charge on any atom is 0.258 e. The molecule has 0 aliphatic heterocycles. The number of carbonyl (C=O) groups is 2. The smallest absolute Gasteiger partial charge is 0.258 e. The lowest BCUT2D eigenvalue weighted by Crippen LogP contribution is -2.39. The fraction of sp³-hybridized carbons (Fsp3) is 0.125. The molecule has 0 aliphatic carbocycles. The van der Waals surface area contributed by atoms with Gasteiger partial charge in [-0.2, -0.15) is 0 Å². The van der Waals surface area contributed by atoms with E-state index in [1.807, 2.05) is 0 Å². The Kier molecular flexibility index (Phi) is 5.24. The number of hydrogen-bond acceptors (Lipinski definition) is 3. The third-order valence-corrected chi connectivity index (χ3v) is 2.98. The Morgan fingerprint density at radius 2 is 1.83 bits per heavy atom. The molecule has 0 saturated carbocycles. The summed E-state index contributed by atoms with van der Waals surface area (Å²) in [4.78, 5) is 23.3. The van der Waals surface area contributed by atoms with Crippen molar-refractivity contribution in [1.29, 1.82) is 0 Å². The topological polar surface area (TPSA) is 81.4 Å². The average molecular weight is 320 g/mol. The van der Waals surface area contributed by atoms with Gasteiger partial charge >= 0.3 is 0 Å². The minimum Gasteiger partial charge on any atom is -0.481 e. The quantitative estimate of drug-likeness (QED) is 0.850. The molecule has 2 amide bonds. The van der Waals surface area contributed by atoms with Gasteiger partial charge in [-0.3, -0.25) is 9.59 Å². The van der Waals surface area contributed by atoms with E-state index in [1.165, 1.54) is 0 Å². The molecule has 120 valence electrons. The van der Waals surface area contributed by atoms with E-state index in [0.717, 1.165) is 12.1 Å². The van der Waals surface area contributed by atoms with Crippen LogP contribution in [-0.4, -0.2) is 18.4 Å². The minimum absolute atomic E-state index is 0.267. The second kappa shape index (κ2) is 7.35. The predicted molar refractivity (Wildman–Crippen MR) is 78.4 cm³/mol. The number of nitrogens with one attached hydrogen (secondary N) is 1. The fourth-order valence-electron chi connectivity index (χ4n) is 1.90. The van der Waals surface area contributed by atoms with Crippen molar-refractivity contribution in [2.24, 2.45) is 5.73 Å². The first kappa shape index (κ1) is 16.4. The lowest BCUT2D eigenvalue weighted by molar-refractivity contribution is -0.128. The molecule has 1 unspecified atom stereocenters. The zero-order valence-corrected chi connectivity index (χ0v) is 12.0. The van der Waals surface area contributed by atoms with E-state index >= 15 is 0 Å². The van der Waals surface area contributed by atoms with Crippen LogP contribution in [0, 0.1) is 11.6 Å². The standard InChI is InChI=1S/C16H14F2N2O3/c17-11-6-7-13(12(18)8-11)23-9-14(21)20-15(16(19)22)10-4-2-1-3-5-10/h1-8,15H,9H2,(H2,19,22)(H,20,21). The number of benzene rings is 2. The number of nitrogens with two attached hydrogens (primary N) is 1. The molecular weight excluding hydrogens is 306 g/mol. The van der Waals surface area contributed by atoms with Crippen molar-refractivity contribution in [3.63, 3.8) is 0 Å². The molecule has 0 spiro atoms. The van der Waals surface area contributed by atoms with Gasteiger partial charge in [0.2, 0.25) is 5.91 Å². The van der Waals surface area contributed by atoms with E-state index in [4.69, 9.17) is 10.5 Å². The molecule has 23 heavy (non-hydrogen) atoms. The average Bonchev–Trinajstić information content (AvgIpc) is 2.52. The van der Waals surface area contributed by atoms with Crippen molar-refractivity contribution < 1.29 is 23.1 Å². The highest BCUT2D eigenvalue weighted by atomic mass is 19.1. The molecule has 0 radical (unpaired) electrons. The first-order chi connectivity index (χ1) is 11.0. The van der Waals surface area contributed by atoms with Crippen LogP contribution in [0.25, 0.3) is 0 Å². The molecule has 0 fully saturated rings. The maximum absolute atomic E-state index is 13.4. The second-order valence-electron chi connectivity index (χ2n) is 4.68. The van der Waals surface area contributed by atoms with E-state index in [-0.39, 0.29) is 5.75 Å². The largest absolute Gasteiger partial charge is 0.481 e. The van der Waals surface area contributed by atoms with E-state index < -0.39 is 36.1 Å². The van der Waals surface area contributed by atoms with Gasteiger partial charge < -0.3 is 15.8 Å². The summed E-state index contributed by atoms with van der Waals surface area (Å²) in [5.41, 5.74) is 5.78. The molecule has 0 aromatic heterocycles. The van der Waals surface area contributed by atoms with Crippen LogP contribution in [-0.2, 0) is 9.59 Å². The number of hydrogen-bond donors (Lipinski definition) is 2. The van der Waals surface area contributed by atoms with Crippen LogP contribution in [0.5, 0.6) is 5.75 Å². The Hall–Kier alpha value is -2.96. The number of primary amides is 1. The van der Waals surface area contributed by atoms with Crippen LogP contribution in [0.2, 0.25) is 0 Å². The summed E-state index contributed by atoms with van der Waals surface area (Å²) in [6.45, 7) is -0.542. The van der Waals surface area contributed by atoms with Gasteiger partial charge in [-0.05, 0) is 17.7 Å². The van der Waals surface area contributed by atoms with Crippen LogP contribution in [0.15, 0.2) is 48.5 Å². The molecule has 0 bridgehead atoms. The third-order valence-electron chi connectivity index (χ3n) is 2.98. The van der Waals surface area contributed by atoms with Crippen molar-refractivity contribution in [2.45, 2.75) is 6.04 Å². The van der Waals surface area contributed by atoms with E-state index in [0.29, 0.717) is 11.6 Å². The van der Waals surface area contributed by atoms with Crippen molar-refractivity contribution in [1.82, 2.24) is 5.32 Å². The summed E-state index contributed by atoms with van der Waals surface area (Å²) in [5.74, 6) is -3.35. The number of halogens is 2. The predicted octanol–water partition coefficient (Wildman–Crippen LogP) is 1.69. The van der Waals surface area contributed by atoms with Gasteiger partial charge in [0.15, 0.2) is 18.2 Å². The summed E-state index contributed by atoms with van der Waals surface area (Å²) < 4.78 is 31.1. The third kappa shape index (κ3) is 4.50. The second-order valence-corrected chi connectivity index (χ2v) is 4.68. The molecule has 7 heteroatoms. The molecule has 5 nitrogen and oxygen atoms in total. The Morgan fingerprint density at radius 3 is 2.43 bits per heavy atom. The lowest BCUT2D eigenvalue weighted by atomic mass is 10.1. The highest BCUT2D eigenvalue weighted by molar-refractivity contribution is 5.88. The first-order valence-electron chi connectivity index (χ1n) is 6.69. The Labute approximate surface area is 131 Å². The molecule has 2 aromatic rings. The van der Waals surface area contributed by atoms with Crippen molar-refractivity contribution in [2.75, 3.05) is 6.61 Å². The Morgan fingerprint density at radius 1 is 1.13 bits per heavy atom. The fourth-order valence-corrected chi connectivity index (χ4v) is 1.90. The number of amides is 2. The van der Waals surface area contributed by atoms with Gasteiger partial charge in [-0.15, -0.1) is 0 Å². The summed E-state index contributed by atoms with van der Waals surface area (Å²) in [5, 5.41) is 2.40. The Balaban J connectivity index is 1.98. The first-order valence-corrected chi connectivity index (χ1v) is 6.69. The number of ether oxygens (including phenoxy) is 1. The summed E-state index contributed by atoms with van der Waals surface area (Å²) in [7, 11) is 0. The zero-order valence-electron chi connectivity index (χ0n) is 12.0. The van der Waals surface area contributed by atoms with E-state index in [2.05, 4.69) is 5.32 Å². The number of carbonyl (C=O) groups excluding carboxylic acids is 2. The molecule has 2 aromatic carbocycles. The molecule has 3 N–H and O–H groups in total. The summed E-state index contributed by atoms with van der Waals surface area (Å²) in [6.07, 6.45) is 0. The lowest BCUT2D eigenvalue weighted by Gasteiger charge is -2.16. The van der Waals surface area contributed by atoms with Gasteiger partial charge in [0.25, 0.3) is 5.91 Å². The SMILES string of the molecule is NC(=O)C(NC(=O)COc1ccc(F)cc1F)c1ccccc1. The summed E-state index contributed by atoms with van der Waals surface area (Å²) >= 11 is 0. The molecule has 0 saturated heterocycles. The van der Waals surface area contributed by atoms with E-state index in [1.54, 1.807) is 30.3 Å². The molecular formula is C16H14F2N2O3. The summed E-state index contributed by atoms with van der Waals surface area (Å²) in [6, 6.07) is 10.1. The molecule has 2 rings (SSSR count). The normalized spacial score (nSPS) is 11.6. The van der Waals surface area contributed by atoms with Crippen LogP contribution in [0.4, 0.5) is 8.78 Å². The monoisotopic (exact) mass is 320 g/mol. The van der Waals surface area contributed by atoms with Gasteiger partial charge in [0, 0.05) is 6.07 Å². The van der Waals surface area contributed by atoms with Crippen LogP contribution < -0.4 is 15.8 Å². The maximum atomic E-state index is 13.4. The van der Waals surface area contributed by atoms with Gasteiger partial charge in [-0.25, -0.2) is 8.78 Å². The van der Waals surface area contributed by atoms with Gasteiger partial charge in [0.05, 0.1) is 0 Å². The molecule has 0 heterocycles. The number of rotatable bonds is 6. The van der Waals surface area contributed by atoms with Crippen molar-refractivity contribution >= 4 is 11.8 Å². The van der Waals surface area contributed by atoms with Gasteiger partial charge in [0.1, 0.15) is 11.9 Å². The zero-order chi connectivity index (χ0) is 16.8. The van der Waals surface area contributed by atoms with Crippen LogP contribution >= 0.6 is 0 Å². The Bertz CT molecular complexity index is 708. The molecule has 1 atom stereocenters. The highest BCUT2D eigenvalue weighted by Crippen LogP contribution is 2.17. The van der Waals surface area contributed by atoms with Crippen molar-refractivity contribution in [3.8, 4) is 5.75 Å². The molecule has 0 aliphatic rings.